The first kappa shape index (κ1) is 17.6. The third-order valence-electron chi connectivity index (χ3n) is 4.31. The summed E-state index contributed by atoms with van der Waals surface area (Å²) in [6.07, 6.45) is 0.779. The van der Waals surface area contributed by atoms with Crippen LogP contribution in [0.25, 0.3) is 22.4 Å². The zero-order chi connectivity index (χ0) is 18.5. The van der Waals surface area contributed by atoms with Crippen molar-refractivity contribution in [3.63, 3.8) is 0 Å². The van der Waals surface area contributed by atoms with Crippen molar-refractivity contribution >= 4 is 5.91 Å². The highest BCUT2D eigenvalue weighted by atomic mass is 16.2. The molecule has 2 N–H and O–H groups in total. The number of carbonyl (C=O) groups is 1. The highest BCUT2D eigenvalue weighted by molar-refractivity contribution is 6.03. The Morgan fingerprint density at radius 1 is 1.04 bits per heavy atom. The molecule has 0 radical (unpaired) electrons. The number of hydrogen-bond acceptors (Lipinski definition) is 3. The molecule has 3 rings (SSSR count). The Bertz CT molecular complexity index is 950. The lowest BCUT2D eigenvalue weighted by molar-refractivity contribution is 0.0938. The van der Waals surface area contributed by atoms with Crippen molar-refractivity contribution in [3.8, 4) is 22.4 Å². The van der Waals surface area contributed by atoms with E-state index in [-0.39, 0.29) is 17.5 Å². The van der Waals surface area contributed by atoms with Gasteiger partial charge in [0.2, 0.25) is 0 Å². The summed E-state index contributed by atoms with van der Waals surface area (Å²) in [6, 6.07) is 18.9. The summed E-state index contributed by atoms with van der Waals surface area (Å²) in [6.45, 7) is 3.89. The van der Waals surface area contributed by atoms with Crippen LogP contribution in [0.5, 0.6) is 0 Å². The fourth-order valence-corrected chi connectivity index (χ4v) is 2.76. The Kier molecular flexibility index (Phi) is 5.27. The van der Waals surface area contributed by atoms with Gasteiger partial charge in [0.05, 0.1) is 5.69 Å². The van der Waals surface area contributed by atoms with Crippen molar-refractivity contribution in [2.24, 2.45) is 0 Å². The maximum Gasteiger partial charge on any atom is 0.277 e. The molecule has 26 heavy (non-hydrogen) atoms. The van der Waals surface area contributed by atoms with Gasteiger partial charge in [0.25, 0.3) is 11.5 Å². The van der Waals surface area contributed by atoms with Gasteiger partial charge < -0.3 is 5.32 Å². The maximum absolute atomic E-state index is 12.9. The maximum atomic E-state index is 12.9. The molecule has 0 saturated carbocycles. The molecule has 0 aliphatic carbocycles. The average molecular weight is 347 g/mol. The first-order valence-corrected chi connectivity index (χ1v) is 8.66. The van der Waals surface area contributed by atoms with Crippen LogP contribution in [0, 0.1) is 0 Å². The van der Waals surface area contributed by atoms with Gasteiger partial charge in [-0.3, -0.25) is 9.59 Å². The lowest BCUT2D eigenvalue weighted by Crippen LogP contribution is -2.36. The second-order valence-electron chi connectivity index (χ2n) is 6.17. The van der Waals surface area contributed by atoms with E-state index in [0.717, 1.165) is 17.5 Å². The Hall–Kier alpha value is -3.21. The average Bonchev–Trinajstić information content (AvgIpc) is 2.68. The van der Waals surface area contributed by atoms with Gasteiger partial charge in [-0.25, -0.2) is 5.10 Å². The Labute approximate surface area is 152 Å². The molecule has 1 heterocycles. The van der Waals surface area contributed by atoms with Crippen LogP contribution in [0.3, 0.4) is 0 Å². The third kappa shape index (κ3) is 3.57. The van der Waals surface area contributed by atoms with Crippen molar-refractivity contribution in [3.05, 3.63) is 76.6 Å². The Balaban J connectivity index is 2.26. The normalized spacial score (nSPS) is 11.8. The summed E-state index contributed by atoms with van der Waals surface area (Å²) in [5.41, 5.74) is 2.32. The molecule has 0 aliphatic rings. The van der Waals surface area contributed by atoms with E-state index in [9.17, 15) is 9.59 Å². The van der Waals surface area contributed by atoms with E-state index in [1.807, 2.05) is 74.5 Å². The quantitative estimate of drug-likeness (QED) is 0.740. The molecule has 1 atom stereocenters. The largest absolute Gasteiger partial charge is 0.349 e. The highest BCUT2D eigenvalue weighted by Gasteiger charge is 2.23. The minimum absolute atomic E-state index is 0.0288. The molecule has 5 nitrogen and oxygen atoms in total. The van der Waals surface area contributed by atoms with Gasteiger partial charge in [-0.15, -0.1) is 0 Å². The smallest absolute Gasteiger partial charge is 0.277 e. The first-order valence-electron chi connectivity index (χ1n) is 8.66. The van der Waals surface area contributed by atoms with E-state index < -0.39 is 5.56 Å². The molecule has 1 amide bonds. The van der Waals surface area contributed by atoms with Crippen LogP contribution in [0.2, 0.25) is 0 Å². The Morgan fingerprint density at radius 2 is 1.62 bits per heavy atom. The lowest BCUT2D eigenvalue weighted by Gasteiger charge is -2.16. The number of nitrogens with zero attached hydrogens (tertiary/aromatic N) is 1. The van der Waals surface area contributed by atoms with Crippen LogP contribution in [-0.4, -0.2) is 22.1 Å². The standard InChI is InChI=1S/C21H21N3O2/c1-3-14(2)22-20(25)18-17(15-10-6-4-7-11-15)19(23-24-21(18)26)16-12-8-5-9-13-16/h4-14H,3H2,1-2H3,(H,22,25)(H,24,26). The molecule has 132 valence electrons. The van der Waals surface area contributed by atoms with Crippen LogP contribution in [0.15, 0.2) is 65.5 Å². The molecule has 0 bridgehead atoms. The topological polar surface area (TPSA) is 74.8 Å². The molecule has 0 aliphatic heterocycles. The van der Waals surface area contributed by atoms with E-state index >= 15 is 0 Å². The van der Waals surface area contributed by atoms with Gasteiger partial charge in [0, 0.05) is 17.2 Å². The van der Waals surface area contributed by atoms with Gasteiger partial charge in [-0.05, 0) is 18.9 Å². The zero-order valence-electron chi connectivity index (χ0n) is 14.8. The Morgan fingerprint density at radius 3 is 2.19 bits per heavy atom. The van der Waals surface area contributed by atoms with Crippen molar-refractivity contribution in [1.29, 1.82) is 0 Å². The number of H-pyrrole nitrogens is 1. The molecule has 1 aromatic heterocycles. The van der Waals surface area contributed by atoms with E-state index in [2.05, 4.69) is 15.5 Å². The van der Waals surface area contributed by atoms with E-state index in [0.29, 0.717) is 11.3 Å². The van der Waals surface area contributed by atoms with Crippen LogP contribution < -0.4 is 10.9 Å². The molecule has 0 fully saturated rings. The summed E-state index contributed by atoms with van der Waals surface area (Å²) in [7, 11) is 0. The number of rotatable bonds is 5. The summed E-state index contributed by atoms with van der Waals surface area (Å²) >= 11 is 0. The summed E-state index contributed by atoms with van der Waals surface area (Å²) < 4.78 is 0. The van der Waals surface area contributed by atoms with Crippen LogP contribution in [0.1, 0.15) is 30.6 Å². The number of carbonyl (C=O) groups excluding carboxylic acids is 1. The predicted octanol–water partition coefficient (Wildman–Crippen LogP) is 3.63. The van der Waals surface area contributed by atoms with E-state index in [1.54, 1.807) is 0 Å². The molecular formula is C21H21N3O2. The van der Waals surface area contributed by atoms with Gasteiger partial charge in [0.1, 0.15) is 5.56 Å². The van der Waals surface area contributed by atoms with Crippen LogP contribution >= 0.6 is 0 Å². The van der Waals surface area contributed by atoms with Crippen LogP contribution in [0.4, 0.5) is 0 Å². The van der Waals surface area contributed by atoms with Crippen molar-refractivity contribution in [1.82, 2.24) is 15.5 Å². The number of amides is 1. The summed E-state index contributed by atoms with van der Waals surface area (Å²) in [5, 5.41) is 9.62. The minimum atomic E-state index is -0.496. The number of aromatic amines is 1. The first-order chi connectivity index (χ1) is 12.6. The monoisotopic (exact) mass is 347 g/mol. The van der Waals surface area contributed by atoms with Gasteiger partial charge >= 0.3 is 0 Å². The molecule has 1 unspecified atom stereocenters. The molecule has 3 aromatic rings. The third-order valence-corrected chi connectivity index (χ3v) is 4.31. The number of benzene rings is 2. The zero-order valence-corrected chi connectivity index (χ0v) is 14.8. The fraction of sp³-hybridized carbons (Fsp3) is 0.190. The number of aromatic nitrogens is 2. The lowest BCUT2D eigenvalue weighted by atomic mass is 9.95. The van der Waals surface area contributed by atoms with Crippen molar-refractivity contribution < 1.29 is 4.79 Å². The molecule has 0 spiro atoms. The van der Waals surface area contributed by atoms with E-state index in [4.69, 9.17) is 0 Å². The summed E-state index contributed by atoms with van der Waals surface area (Å²) in [4.78, 5) is 25.4. The molecule has 2 aromatic carbocycles. The van der Waals surface area contributed by atoms with Crippen molar-refractivity contribution in [2.75, 3.05) is 0 Å². The molecule has 0 saturated heterocycles. The van der Waals surface area contributed by atoms with E-state index in [1.165, 1.54) is 0 Å². The molecular weight excluding hydrogens is 326 g/mol. The van der Waals surface area contributed by atoms with Gasteiger partial charge in [-0.1, -0.05) is 67.6 Å². The minimum Gasteiger partial charge on any atom is -0.349 e. The second-order valence-corrected chi connectivity index (χ2v) is 6.17. The van der Waals surface area contributed by atoms with Crippen molar-refractivity contribution in [2.45, 2.75) is 26.3 Å². The summed E-state index contributed by atoms with van der Waals surface area (Å²) in [5.74, 6) is -0.390. The van der Waals surface area contributed by atoms with Gasteiger partial charge in [-0.2, -0.15) is 5.10 Å². The molecule has 5 heteroatoms. The van der Waals surface area contributed by atoms with Crippen LogP contribution in [-0.2, 0) is 0 Å². The predicted molar refractivity (Wildman–Crippen MR) is 103 cm³/mol. The SMILES string of the molecule is CCC(C)NC(=O)c1c(-c2ccccc2)c(-c2ccccc2)n[nH]c1=O. The number of hydrogen-bond donors (Lipinski definition) is 2. The second kappa shape index (κ2) is 7.78. The number of nitrogens with one attached hydrogen (secondary N) is 2. The fourth-order valence-electron chi connectivity index (χ4n) is 2.76. The van der Waals surface area contributed by atoms with Gasteiger partial charge in [0.15, 0.2) is 0 Å². The highest BCUT2D eigenvalue weighted by Crippen LogP contribution is 2.31.